The molecule has 1 N–H and O–H groups in total. The number of nitrogens with zero attached hydrogens (tertiary/aromatic N) is 2. The molecule has 0 fully saturated rings. The zero-order valence-electron chi connectivity index (χ0n) is 20.5. The molecule has 0 aliphatic heterocycles. The number of benzene rings is 3. The minimum Gasteiger partial charge on any atom is -0.493 e. The van der Waals surface area contributed by atoms with Crippen molar-refractivity contribution in [3.05, 3.63) is 108 Å². The van der Waals surface area contributed by atoms with Gasteiger partial charge < -0.3 is 19.0 Å². The summed E-state index contributed by atoms with van der Waals surface area (Å²) in [5, 5.41) is 9.24. The topological polar surface area (TPSA) is 102 Å². The van der Waals surface area contributed by atoms with Crippen LogP contribution in [0.25, 0.3) is 11.5 Å². The molecule has 198 valence electrons. The summed E-state index contributed by atoms with van der Waals surface area (Å²) in [5.41, 5.74) is 3.35. The van der Waals surface area contributed by atoms with Crippen molar-refractivity contribution in [2.45, 2.75) is 33.9 Å². The molecule has 0 bridgehead atoms. The summed E-state index contributed by atoms with van der Waals surface area (Å²) in [6, 6.07) is 26.1. The van der Waals surface area contributed by atoms with E-state index < -0.39 is 18.6 Å². The fraction of sp³-hybridized carbons (Fsp3) is 0.233. The summed E-state index contributed by atoms with van der Waals surface area (Å²) in [7, 11) is 0. The fourth-order valence-corrected chi connectivity index (χ4v) is 3.70. The highest BCUT2D eigenvalue weighted by molar-refractivity contribution is 5.76. The van der Waals surface area contributed by atoms with Crippen LogP contribution in [0.2, 0.25) is 0 Å². The van der Waals surface area contributed by atoms with Gasteiger partial charge in [0.1, 0.15) is 24.7 Å². The van der Waals surface area contributed by atoms with E-state index in [-0.39, 0.29) is 20.6 Å². The second kappa shape index (κ2) is 13.6. The monoisotopic (exact) mass is 516 g/mol. The Bertz CT molecular complexity index is 1300. The van der Waals surface area contributed by atoms with Gasteiger partial charge in [-0.15, -0.1) is 0 Å². The number of carboxylic acid groups (broad SMARTS) is 1. The minimum absolute atomic E-state index is 0. The molecule has 0 atom stereocenters. The molecule has 8 heteroatoms. The van der Waals surface area contributed by atoms with Gasteiger partial charge >= 0.3 is 12.1 Å². The smallest absolute Gasteiger partial charge is 0.410 e. The predicted octanol–water partition coefficient (Wildman–Crippen LogP) is 6.13. The molecule has 1 aromatic heterocycles. The molecule has 4 aromatic rings. The first-order chi connectivity index (χ1) is 18.0. The molecule has 0 unspecified atom stereocenters. The molecule has 0 radical (unpaired) electrons. The molecule has 4 rings (SSSR count). The first-order valence-electron chi connectivity index (χ1n) is 11.9. The maximum absolute atomic E-state index is 12.5. The van der Waals surface area contributed by atoms with Gasteiger partial charge in [0, 0.05) is 18.5 Å². The first kappa shape index (κ1) is 28.0. The Morgan fingerprint density at radius 1 is 0.921 bits per heavy atom. The van der Waals surface area contributed by atoms with Crippen LogP contribution in [0, 0.1) is 6.92 Å². The standard InChI is InChI=1S/C29H28N2O6.CH4/c1-21-26(30-28(37-21)24-10-6-3-7-11-24)16-17-35-25-14-12-22(13-15-25)18-31(19-27(32)33)29(34)36-20-23-8-4-2-5-9-23;/h2-15H,16-20H2,1H3,(H,32,33);1H4. The van der Waals surface area contributed by atoms with E-state index in [1.165, 1.54) is 0 Å². The third-order valence-corrected chi connectivity index (χ3v) is 5.61. The fourth-order valence-electron chi connectivity index (χ4n) is 3.70. The number of aliphatic carboxylic acids is 1. The van der Waals surface area contributed by atoms with Gasteiger partial charge in [-0.1, -0.05) is 68.1 Å². The normalized spacial score (nSPS) is 10.3. The van der Waals surface area contributed by atoms with Crippen LogP contribution in [-0.4, -0.2) is 40.2 Å². The number of hydrogen-bond acceptors (Lipinski definition) is 6. The van der Waals surface area contributed by atoms with Crippen LogP contribution < -0.4 is 4.74 Å². The van der Waals surface area contributed by atoms with Crippen LogP contribution in [-0.2, 0) is 29.1 Å². The minimum atomic E-state index is -1.12. The molecule has 3 aromatic carbocycles. The number of hydrogen-bond donors (Lipinski definition) is 1. The first-order valence-corrected chi connectivity index (χ1v) is 11.9. The van der Waals surface area contributed by atoms with Gasteiger partial charge in [0.2, 0.25) is 5.89 Å². The number of amides is 1. The summed E-state index contributed by atoms with van der Waals surface area (Å²) in [5.74, 6) is 0.890. The predicted molar refractivity (Wildman–Crippen MR) is 144 cm³/mol. The Morgan fingerprint density at radius 3 is 2.24 bits per heavy atom. The molecule has 0 spiro atoms. The molecular formula is C30H32N2O6. The molecule has 0 saturated heterocycles. The lowest BCUT2D eigenvalue weighted by Crippen LogP contribution is -2.35. The third-order valence-electron chi connectivity index (χ3n) is 5.61. The molecule has 8 nitrogen and oxygen atoms in total. The average Bonchev–Trinajstić information content (AvgIpc) is 3.29. The van der Waals surface area contributed by atoms with Gasteiger partial charge in [0.05, 0.1) is 12.3 Å². The second-order valence-electron chi connectivity index (χ2n) is 8.42. The van der Waals surface area contributed by atoms with Crippen LogP contribution in [0.4, 0.5) is 4.79 Å². The van der Waals surface area contributed by atoms with Crippen molar-refractivity contribution in [2.24, 2.45) is 0 Å². The zero-order chi connectivity index (χ0) is 26.0. The molecule has 1 amide bonds. The number of carbonyl (C=O) groups is 2. The van der Waals surface area contributed by atoms with Gasteiger partial charge in [-0.05, 0) is 42.3 Å². The number of carboxylic acids is 1. The van der Waals surface area contributed by atoms with Gasteiger partial charge in [-0.2, -0.15) is 0 Å². The van der Waals surface area contributed by atoms with Crippen LogP contribution in [0.15, 0.2) is 89.3 Å². The quantitative estimate of drug-likeness (QED) is 0.256. The van der Waals surface area contributed by atoms with E-state index in [4.69, 9.17) is 13.9 Å². The molecule has 0 aliphatic rings. The Balaban J connectivity index is 0.00000400. The summed E-state index contributed by atoms with van der Waals surface area (Å²) in [6.45, 7) is 2.00. The SMILES string of the molecule is C.Cc1oc(-c2ccccc2)nc1CCOc1ccc(CN(CC(=O)O)C(=O)OCc2ccccc2)cc1. The number of aryl methyl sites for hydroxylation is 1. The second-order valence-corrected chi connectivity index (χ2v) is 8.42. The molecule has 0 saturated carbocycles. The van der Waals surface area contributed by atoms with Crippen molar-refractivity contribution < 1.29 is 28.6 Å². The summed E-state index contributed by atoms with van der Waals surface area (Å²) >= 11 is 0. The van der Waals surface area contributed by atoms with Crippen molar-refractivity contribution in [3.63, 3.8) is 0 Å². The molecule has 0 aliphatic carbocycles. The van der Waals surface area contributed by atoms with E-state index in [0.717, 1.165) is 33.0 Å². The highest BCUT2D eigenvalue weighted by atomic mass is 16.6. The van der Waals surface area contributed by atoms with E-state index in [2.05, 4.69) is 4.98 Å². The lowest BCUT2D eigenvalue weighted by Gasteiger charge is -2.20. The van der Waals surface area contributed by atoms with Crippen LogP contribution in [0.5, 0.6) is 5.75 Å². The van der Waals surface area contributed by atoms with Crippen molar-refractivity contribution in [1.29, 1.82) is 0 Å². The van der Waals surface area contributed by atoms with Gasteiger partial charge in [0.25, 0.3) is 0 Å². The van der Waals surface area contributed by atoms with Crippen LogP contribution >= 0.6 is 0 Å². The number of aromatic nitrogens is 1. The van der Waals surface area contributed by atoms with Crippen molar-refractivity contribution in [3.8, 4) is 17.2 Å². The Kier molecular flexibility index (Phi) is 10.0. The van der Waals surface area contributed by atoms with Crippen molar-refractivity contribution in [1.82, 2.24) is 9.88 Å². The number of rotatable bonds is 11. The summed E-state index contributed by atoms with van der Waals surface area (Å²) in [6.07, 6.45) is -0.103. The van der Waals surface area contributed by atoms with Gasteiger partial charge in [0.15, 0.2) is 0 Å². The zero-order valence-corrected chi connectivity index (χ0v) is 20.5. The van der Waals surface area contributed by atoms with Crippen LogP contribution in [0.3, 0.4) is 0 Å². The Morgan fingerprint density at radius 2 is 1.58 bits per heavy atom. The lowest BCUT2D eigenvalue weighted by molar-refractivity contribution is -0.138. The maximum Gasteiger partial charge on any atom is 0.410 e. The molecule has 38 heavy (non-hydrogen) atoms. The third kappa shape index (κ3) is 7.96. The Hall–Kier alpha value is -4.59. The average molecular weight is 517 g/mol. The molecule has 1 heterocycles. The van der Waals surface area contributed by atoms with E-state index in [1.807, 2.05) is 67.6 Å². The van der Waals surface area contributed by atoms with E-state index >= 15 is 0 Å². The largest absolute Gasteiger partial charge is 0.493 e. The summed E-state index contributed by atoms with van der Waals surface area (Å²) in [4.78, 5) is 29.6. The van der Waals surface area contributed by atoms with Gasteiger partial charge in [-0.3, -0.25) is 9.69 Å². The maximum atomic E-state index is 12.5. The van der Waals surface area contributed by atoms with E-state index in [9.17, 15) is 14.7 Å². The van der Waals surface area contributed by atoms with Crippen molar-refractivity contribution in [2.75, 3.05) is 13.2 Å². The highest BCUT2D eigenvalue weighted by Gasteiger charge is 2.19. The number of carbonyl (C=O) groups excluding carboxylic acids is 1. The highest BCUT2D eigenvalue weighted by Crippen LogP contribution is 2.22. The van der Waals surface area contributed by atoms with E-state index in [1.54, 1.807) is 24.3 Å². The van der Waals surface area contributed by atoms with Crippen LogP contribution in [0.1, 0.15) is 30.0 Å². The Labute approximate surface area is 222 Å². The van der Waals surface area contributed by atoms with Gasteiger partial charge in [-0.25, -0.2) is 9.78 Å². The lowest BCUT2D eigenvalue weighted by atomic mass is 10.2. The number of oxazole rings is 1. The molecular weight excluding hydrogens is 484 g/mol. The number of ether oxygens (including phenoxy) is 2. The van der Waals surface area contributed by atoms with E-state index in [0.29, 0.717) is 24.7 Å². The van der Waals surface area contributed by atoms with Crippen molar-refractivity contribution >= 4 is 12.1 Å². The summed E-state index contributed by atoms with van der Waals surface area (Å²) < 4.78 is 17.0.